The van der Waals surface area contributed by atoms with Crippen molar-refractivity contribution in [2.75, 3.05) is 0 Å². The quantitative estimate of drug-likeness (QED) is 0.897. The molecule has 0 saturated heterocycles. The monoisotopic (exact) mass is 246 g/mol. The fourth-order valence-corrected chi connectivity index (χ4v) is 2.40. The van der Waals surface area contributed by atoms with Crippen molar-refractivity contribution in [1.29, 1.82) is 0 Å². The molecule has 1 aromatic carbocycles. The van der Waals surface area contributed by atoms with Gasteiger partial charge in [-0.05, 0) is 20.3 Å². The minimum atomic E-state index is -0.113. The van der Waals surface area contributed by atoms with Crippen LogP contribution in [-0.4, -0.2) is 10.5 Å². The van der Waals surface area contributed by atoms with Gasteiger partial charge in [-0.1, -0.05) is 30.3 Å². The summed E-state index contributed by atoms with van der Waals surface area (Å²) in [5.41, 5.74) is 8.12. The molecule has 0 aliphatic rings. The van der Waals surface area contributed by atoms with Crippen LogP contribution in [0.2, 0.25) is 0 Å². The molecule has 0 spiro atoms. The lowest BCUT2D eigenvalue weighted by molar-refractivity contribution is 0.476. The Morgan fingerprint density at radius 3 is 2.59 bits per heavy atom. The minimum absolute atomic E-state index is 0.113. The number of thiazole rings is 1. The van der Waals surface area contributed by atoms with E-state index in [9.17, 15) is 0 Å². The number of aryl methyl sites for hydroxylation is 1. The smallest absolute Gasteiger partial charge is 0.0933 e. The molecule has 2 rings (SSSR count). The lowest BCUT2D eigenvalue weighted by atomic mass is 10.0. The Balaban J connectivity index is 2.07. The minimum Gasteiger partial charge on any atom is -0.326 e. The lowest BCUT2D eigenvalue weighted by Crippen LogP contribution is -2.32. The number of hydrogen-bond acceptors (Lipinski definition) is 3. The molecule has 2 nitrogen and oxygen atoms in total. The zero-order chi connectivity index (χ0) is 12.3. The summed E-state index contributed by atoms with van der Waals surface area (Å²) in [6.07, 6.45) is 1.93. The molecule has 0 amide bonds. The first-order chi connectivity index (χ1) is 8.04. The first kappa shape index (κ1) is 12.3. The molecule has 0 bridgehead atoms. The molecule has 0 fully saturated rings. The van der Waals surface area contributed by atoms with Crippen molar-refractivity contribution in [1.82, 2.24) is 4.98 Å². The van der Waals surface area contributed by atoms with Crippen molar-refractivity contribution >= 4 is 11.3 Å². The normalized spacial score (nSPS) is 11.7. The second-order valence-electron chi connectivity index (χ2n) is 4.98. The summed E-state index contributed by atoms with van der Waals surface area (Å²) in [6, 6.07) is 10.3. The standard InChI is InChI=1S/C14H18N2S/c1-14(2,15)9-8-13-16-12(10-17-13)11-6-4-3-5-7-11/h3-7,10H,8-9,15H2,1-2H3. The molecule has 0 atom stereocenters. The molecule has 2 N–H and O–H groups in total. The van der Waals surface area contributed by atoms with Crippen molar-refractivity contribution in [3.8, 4) is 11.3 Å². The third-order valence-corrected chi connectivity index (χ3v) is 3.51. The van der Waals surface area contributed by atoms with Gasteiger partial charge in [0.1, 0.15) is 0 Å². The Hall–Kier alpha value is -1.19. The fourth-order valence-electron chi connectivity index (χ4n) is 1.60. The zero-order valence-electron chi connectivity index (χ0n) is 10.3. The van der Waals surface area contributed by atoms with Crippen LogP contribution < -0.4 is 5.73 Å². The number of aromatic nitrogens is 1. The summed E-state index contributed by atoms with van der Waals surface area (Å²) < 4.78 is 0. The SMILES string of the molecule is CC(C)(N)CCc1nc(-c2ccccc2)cs1. The van der Waals surface area contributed by atoms with E-state index in [1.165, 1.54) is 10.6 Å². The van der Waals surface area contributed by atoms with Crippen molar-refractivity contribution in [2.24, 2.45) is 5.73 Å². The van der Waals surface area contributed by atoms with E-state index < -0.39 is 0 Å². The third-order valence-electron chi connectivity index (χ3n) is 2.60. The fraction of sp³-hybridized carbons (Fsp3) is 0.357. The van der Waals surface area contributed by atoms with Gasteiger partial charge in [-0.15, -0.1) is 11.3 Å². The van der Waals surface area contributed by atoms with Gasteiger partial charge >= 0.3 is 0 Å². The van der Waals surface area contributed by atoms with Gasteiger partial charge in [0.25, 0.3) is 0 Å². The Morgan fingerprint density at radius 2 is 1.94 bits per heavy atom. The molecular weight excluding hydrogens is 228 g/mol. The van der Waals surface area contributed by atoms with Gasteiger partial charge < -0.3 is 5.73 Å². The summed E-state index contributed by atoms with van der Waals surface area (Å²) in [7, 11) is 0. The van der Waals surface area contributed by atoms with E-state index in [2.05, 4.69) is 36.3 Å². The number of benzene rings is 1. The molecule has 0 saturated carbocycles. The third kappa shape index (κ3) is 3.65. The number of rotatable bonds is 4. The molecule has 2 aromatic rings. The maximum Gasteiger partial charge on any atom is 0.0933 e. The van der Waals surface area contributed by atoms with E-state index in [0.717, 1.165) is 18.5 Å². The van der Waals surface area contributed by atoms with Crippen molar-refractivity contribution in [2.45, 2.75) is 32.2 Å². The highest BCUT2D eigenvalue weighted by atomic mass is 32.1. The van der Waals surface area contributed by atoms with Crippen LogP contribution in [0, 0.1) is 0 Å². The van der Waals surface area contributed by atoms with Crippen molar-refractivity contribution in [3.05, 3.63) is 40.7 Å². The molecule has 0 aliphatic carbocycles. The number of nitrogens with two attached hydrogens (primary N) is 1. The molecule has 1 heterocycles. The molecule has 3 heteroatoms. The predicted molar refractivity (Wildman–Crippen MR) is 74.1 cm³/mol. The summed E-state index contributed by atoms with van der Waals surface area (Å²) in [6.45, 7) is 4.11. The van der Waals surface area contributed by atoms with Crippen LogP contribution >= 0.6 is 11.3 Å². The highest BCUT2D eigenvalue weighted by molar-refractivity contribution is 7.09. The van der Waals surface area contributed by atoms with E-state index in [0.29, 0.717) is 0 Å². The van der Waals surface area contributed by atoms with Crippen LogP contribution in [0.15, 0.2) is 35.7 Å². The van der Waals surface area contributed by atoms with E-state index in [-0.39, 0.29) is 5.54 Å². The first-order valence-corrected chi connectivity index (χ1v) is 6.71. The highest BCUT2D eigenvalue weighted by Gasteiger charge is 2.12. The van der Waals surface area contributed by atoms with E-state index >= 15 is 0 Å². The molecule has 0 unspecified atom stereocenters. The lowest BCUT2D eigenvalue weighted by Gasteiger charge is -2.16. The molecule has 0 radical (unpaired) electrons. The van der Waals surface area contributed by atoms with Crippen LogP contribution in [-0.2, 0) is 6.42 Å². The van der Waals surface area contributed by atoms with E-state index in [4.69, 9.17) is 5.73 Å². The summed E-state index contributed by atoms with van der Waals surface area (Å²) in [5, 5.41) is 3.29. The van der Waals surface area contributed by atoms with Gasteiger partial charge in [0.2, 0.25) is 0 Å². The largest absolute Gasteiger partial charge is 0.326 e. The molecule has 90 valence electrons. The van der Waals surface area contributed by atoms with Gasteiger partial charge in [0.05, 0.1) is 10.7 Å². The molecule has 0 aliphatic heterocycles. The summed E-state index contributed by atoms with van der Waals surface area (Å²) >= 11 is 1.72. The summed E-state index contributed by atoms with van der Waals surface area (Å²) in [5.74, 6) is 0. The average Bonchev–Trinajstić information content (AvgIpc) is 2.75. The van der Waals surface area contributed by atoms with Crippen LogP contribution in [0.25, 0.3) is 11.3 Å². The zero-order valence-corrected chi connectivity index (χ0v) is 11.1. The second-order valence-corrected chi connectivity index (χ2v) is 5.92. The van der Waals surface area contributed by atoms with E-state index in [1.807, 2.05) is 18.2 Å². The molecular formula is C14H18N2S. The topological polar surface area (TPSA) is 38.9 Å². The maximum absolute atomic E-state index is 5.98. The Bertz CT molecular complexity index is 468. The van der Waals surface area contributed by atoms with Crippen LogP contribution in [0.5, 0.6) is 0 Å². The van der Waals surface area contributed by atoms with Crippen molar-refractivity contribution in [3.63, 3.8) is 0 Å². The highest BCUT2D eigenvalue weighted by Crippen LogP contribution is 2.23. The Morgan fingerprint density at radius 1 is 1.24 bits per heavy atom. The number of hydrogen-bond donors (Lipinski definition) is 1. The van der Waals surface area contributed by atoms with E-state index in [1.54, 1.807) is 11.3 Å². The Kier molecular flexibility index (Phi) is 3.60. The summed E-state index contributed by atoms with van der Waals surface area (Å²) in [4.78, 5) is 4.65. The van der Waals surface area contributed by atoms with Gasteiger partial charge in [-0.25, -0.2) is 4.98 Å². The van der Waals surface area contributed by atoms with Gasteiger partial charge in [-0.2, -0.15) is 0 Å². The Labute approximate surface area is 107 Å². The van der Waals surface area contributed by atoms with Crippen LogP contribution in [0.1, 0.15) is 25.3 Å². The number of nitrogens with zero attached hydrogens (tertiary/aromatic N) is 1. The van der Waals surface area contributed by atoms with Gasteiger partial charge in [0.15, 0.2) is 0 Å². The van der Waals surface area contributed by atoms with Crippen molar-refractivity contribution < 1.29 is 0 Å². The van der Waals surface area contributed by atoms with Gasteiger partial charge in [-0.3, -0.25) is 0 Å². The van der Waals surface area contributed by atoms with Crippen LogP contribution in [0.4, 0.5) is 0 Å². The molecule has 17 heavy (non-hydrogen) atoms. The second kappa shape index (κ2) is 4.98. The van der Waals surface area contributed by atoms with Gasteiger partial charge in [0, 0.05) is 22.9 Å². The average molecular weight is 246 g/mol. The van der Waals surface area contributed by atoms with Crippen LogP contribution in [0.3, 0.4) is 0 Å². The first-order valence-electron chi connectivity index (χ1n) is 5.83. The molecule has 1 aromatic heterocycles. The maximum atomic E-state index is 5.98. The predicted octanol–water partition coefficient (Wildman–Crippen LogP) is 3.48.